The molecule has 1 saturated heterocycles. The Kier molecular flexibility index (Phi) is 5.92. The van der Waals surface area contributed by atoms with Gasteiger partial charge in [0.1, 0.15) is 23.5 Å². The zero-order valence-corrected chi connectivity index (χ0v) is 17.1. The Hall–Kier alpha value is -3.54. The zero-order chi connectivity index (χ0) is 24.8. The van der Waals surface area contributed by atoms with Crippen molar-refractivity contribution >= 4 is 23.4 Å². The van der Waals surface area contributed by atoms with Crippen molar-refractivity contribution in [3.8, 4) is 0 Å². The number of aliphatic carboxylic acids is 1. The highest BCUT2D eigenvalue weighted by molar-refractivity contribution is 5.83. The van der Waals surface area contributed by atoms with Gasteiger partial charge in [-0.1, -0.05) is 6.07 Å². The third-order valence-electron chi connectivity index (χ3n) is 6.04. The predicted molar refractivity (Wildman–Crippen MR) is 105 cm³/mol. The van der Waals surface area contributed by atoms with E-state index >= 15 is 0 Å². The van der Waals surface area contributed by atoms with Gasteiger partial charge in [0.05, 0.1) is 17.0 Å². The molecule has 2 aromatic rings. The van der Waals surface area contributed by atoms with E-state index in [2.05, 4.69) is 0 Å². The van der Waals surface area contributed by atoms with Gasteiger partial charge in [0.2, 0.25) is 0 Å². The third-order valence-corrected chi connectivity index (χ3v) is 6.04. The SMILES string of the molecule is CC1(C(=O)O)CC(c2ccc(C(F)(F)F)cc2F)C[N+](C(=O)[O-])(c2ccc([N+](=O)[O-])cc2)C1. The molecule has 1 aliphatic heterocycles. The van der Waals surface area contributed by atoms with Crippen molar-refractivity contribution in [2.24, 2.45) is 5.41 Å². The second-order valence-electron chi connectivity index (χ2n) is 8.35. The molecule has 3 rings (SSSR count). The minimum Gasteiger partial charge on any atom is -0.498 e. The average molecular weight is 470 g/mol. The number of amides is 1. The number of benzene rings is 2. The highest BCUT2D eigenvalue weighted by Gasteiger charge is 2.54. The first-order chi connectivity index (χ1) is 15.2. The lowest BCUT2D eigenvalue weighted by Gasteiger charge is -2.49. The molecule has 0 saturated carbocycles. The second kappa shape index (κ2) is 8.10. The van der Waals surface area contributed by atoms with Gasteiger partial charge in [-0.2, -0.15) is 13.2 Å². The molecular formula is C21H18F4N2O6. The van der Waals surface area contributed by atoms with Gasteiger partial charge in [0, 0.05) is 30.2 Å². The highest BCUT2D eigenvalue weighted by atomic mass is 19.4. The maximum Gasteiger partial charge on any atom is 0.416 e. The molecule has 1 amide bonds. The Morgan fingerprint density at radius 2 is 1.79 bits per heavy atom. The highest BCUT2D eigenvalue weighted by Crippen LogP contribution is 2.45. The fourth-order valence-corrected chi connectivity index (χ4v) is 4.41. The van der Waals surface area contributed by atoms with Crippen LogP contribution in [0.15, 0.2) is 42.5 Å². The number of nitro benzene ring substituents is 1. The molecule has 2 aromatic carbocycles. The van der Waals surface area contributed by atoms with Crippen molar-refractivity contribution in [2.75, 3.05) is 13.1 Å². The third kappa shape index (κ3) is 4.38. The van der Waals surface area contributed by atoms with Crippen LogP contribution in [0.5, 0.6) is 0 Å². The fraction of sp³-hybridized carbons (Fsp3) is 0.333. The molecule has 0 aliphatic carbocycles. The van der Waals surface area contributed by atoms with Crippen LogP contribution >= 0.6 is 0 Å². The number of carboxylic acid groups (broad SMARTS) is 2. The zero-order valence-electron chi connectivity index (χ0n) is 17.1. The number of hydrogen-bond acceptors (Lipinski definition) is 5. The first-order valence-corrected chi connectivity index (χ1v) is 9.63. The van der Waals surface area contributed by atoms with Crippen molar-refractivity contribution in [3.05, 3.63) is 69.5 Å². The van der Waals surface area contributed by atoms with E-state index in [9.17, 15) is 47.5 Å². The van der Waals surface area contributed by atoms with Gasteiger partial charge >= 0.3 is 12.1 Å². The van der Waals surface area contributed by atoms with Crippen LogP contribution in [0.2, 0.25) is 0 Å². The number of carbonyl (C=O) groups excluding carboxylic acids is 1. The molecular weight excluding hydrogens is 452 g/mol. The Morgan fingerprint density at radius 1 is 1.18 bits per heavy atom. The summed E-state index contributed by atoms with van der Waals surface area (Å²) in [7, 11) is 0. The van der Waals surface area contributed by atoms with E-state index in [0.717, 1.165) is 30.3 Å². The van der Waals surface area contributed by atoms with Crippen molar-refractivity contribution in [1.29, 1.82) is 0 Å². The van der Waals surface area contributed by atoms with Crippen molar-refractivity contribution in [3.63, 3.8) is 0 Å². The predicted octanol–water partition coefficient (Wildman–Crippen LogP) is 3.68. The number of quaternary nitrogens is 1. The van der Waals surface area contributed by atoms with Crippen LogP contribution in [0.4, 0.5) is 33.7 Å². The number of carboxylic acids is 1. The lowest BCUT2D eigenvalue weighted by atomic mass is 9.73. The number of halogens is 4. The summed E-state index contributed by atoms with van der Waals surface area (Å²) >= 11 is 0. The number of likely N-dealkylation sites (tertiary alicyclic amines) is 1. The maximum atomic E-state index is 14.7. The second-order valence-corrected chi connectivity index (χ2v) is 8.35. The number of rotatable bonds is 4. The molecule has 1 aliphatic rings. The lowest BCUT2D eigenvalue weighted by Crippen LogP contribution is -2.68. The Labute approximate surface area is 184 Å². The molecule has 176 valence electrons. The summed E-state index contributed by atoms with van der Waals surface area (Å²) in [6.07, 6.45) is -6.77. The molecule has 12 heteroatoms. The van der Waals surface area contributed by atoms with Gasteiger partial charge in [-0.3, -0.25) is 14.9 Å². The number of hydrogen-bond donors (Lipinski definition) is 1. The van der Waals surface area contributed by atoms with E-state index < -0.39 is 63.4 Å². The largest absolute Gasteiger partial charge is 0.498 e. The minimum absolute atomic E-state index is 0.0369. The van der Waals surface area contributed by atoms with Crippen LogP contribution in [0.3, 0.4) is 0 Å². The molecule has 0 aromatic heterocycles. The molecule has 0 radical (unpaired) electrons. The molecule has 0 bridgehead atoms. The van der Waals surface area contributed by atoms with E-state index in [4.69, 9.17) is 0 Å². The molecule has 1 heterocycles. The first-order valence-electron chi connectivity index (χ1n) is 9.63. The van der Waals surface area contributed by atoms with Gasteiger partial charge in [-0.25, -0.2) is 8.87 Å². The van der Waals surface area contributed by atoms with Crippen molar-refractivity contribution in [1.82, 2.24) is 4.48 Å². The van der Waals surface area contributed by atoms with Crippen LogP contribution in [0.25, 0.3) is 0 Å². The quantitative estimate of drug-likeness (QED) is 0.315. The average Bonchev–Trinajstić information content (AvgIpc) is 2.72. The number of non-ortho nitro benzene ring substituents is 1. The van der Waals surface area contributed by atoms with Gasteiger partial charge < -0.3 is 15.0 Å². The summed E-state index contributed by atoms with van der Waals surface area (Å²) in [5.41, 5.74) is -3.60. The van der Waals surface area contributed by atoms with Gasteiger partial charge in [0.15, 0.2) is 0 Å². The van der Waals surface area contributed by atoms with E-state index in [1.165, 1.54) is 6.92 Å². The van der Waals surface area contributed by atoms with Gasteiger partial charge in [-0.15, -0.1) is 0 Å². The van der Waals surface area contributed by atoms with E-state index in [1.54, 1.807) is 0 Å². The van der Waals surface area contributed by atoms with Crippen LogP contribution in [-0.2, 0) is 11.0 Å². The van der Waals surface area contributed by atoms with E-state index in [1.807, 2.05) is 0 Å². The topological polar surface area (TPSA) is 121 Å². The number of piperidine rings is 1. The summed E-state index contributed by atoms with van der Waals surface area (Å²) in [6, 6.07) is 6.16. The Balaban J connectivity index is 2.15. The monoisotopic (exact) mass is 470 g/mol. The van der Waals surface area contributed by atoms with E-state index in [0.29, 0.717) is 6.07 Å². The fourth-order valence-electron chi connectivity index (χ4n) is 4.41. The normalized spacial score (nSPS) is 25.4. The molecule has 3 unspecified atom stereocenters. The van der Waals surface area contributed by atoms with Crippen LogP contribution < -0.4 is 9.59 Å². The number of carbonyl (C=O) groups is 2. The van der Waals surface area contributed by atoms with Crippen LogP contribution in [0, 0.1) is 21.3 Å². The Morgan fingerprint density at radius 3 is 2.24 bits per heavy atom. The summed E-state index contributed by atoms with van der Waals surface area (Å²) in [5.74, 6) is -3.73. The van der Waals surface area contributed by atoms with Crippen LogP contribution in [-0.4, -0.2) is 35.2 Å². The van der Waals surface area contributed by atoms with Gasteiger partial charge in [0.25, 0.3) is 11.8 Å². The Bertz CT molecular complexity index is 1120. The molecule has 3 atom stereocenters. The number of nitro groups is 1. The van der Waals surface area contributed by atoms with Crippen molar-refractivity contribution < 1.29 is 42.3 Å². The van der Waals surface area contributed by atoms with Crippen molar-refractivity contribution in [2.45, 2.75) is 25.4 Å². The number of nitrogens with zero attached hydrogens (tertiary/aromatic N) is 2. The summed E-state index contributed by atoms with van der Waals surface area (Å²) in [5, 5.41) is 33.1. The standard InChI is InChI=1S/C21H18F4N2O6/c1-20(18(28)29)9-12(16-7-2-13(8-17(16)22)21(23,24)25)10-27(11-20,19(30)31)15-5-3-14(4-6-15)26(32)33/h2-8,12H,9-11H2,1H3,(H-,28,29,30,31). The van der Waals surface area contributed by atoms with Crippen LogP contribution in [0.1, 0.15) is 30.4 Å². The van der Waals surface area contributed by atoms with Gasteiger partial charge in [-0.05, 0) is 31.0 Å². The minimum atomic E-state index is -4.80. The molecule has 8 nitrogen and oxygen atoms in total. The smallest absolute Gasteiger partial charge is 0.416 e. The first kappa shape index (κ1) is 24.1. The maximum absolute atomic E-state index is 14.7. The number of alkyl halides is 3. The van der Waals surface area contributed by atoms with E-state index in [-0.39, 0.29) is 29.4 Å². The molecule has 1 N–H and O–H groups in total. The summed E-state index contributed by atoms with van der Waals surface area (Å²) in [4.78, 5) is 34.6. The molecule has 0 spiro atoms. The summed E-state index contributed by atoms with van der Waals surface area (Å²) in [6.45, 7) is 0.317. The summed E-state index contributed by atoms with van der Waals surface area (Å²) < 4.78 is 52.4. The lowest BCUT2D eigenvalue weighted by molar-refractivity contribution is -0.384. The molecule has 1 fully saturated rings. The molecule has 33 heavy (non-hydrogen) atoms.